The lowest BCUT2D eigenvalue weighted by molar-refractivity contribution is -0.132. The van der Waals surface area contributed by atoms with Crippen molar-refractivity contribution in [3.63, 3.8) is 0 Å². The van der Waals surface area contributed by atoms with E-state index in [9.17, 15) is 4.79 Å². The number of hydrogen-bond acceptors (Lipinski definition) is 2. The number of unbranched alkanes of at least 4 members (excludes halogenated alkanes) is 4. The summed E-state index contributed by atoms with van der Waals surface area (Å²) in [6.07, 6.45) is 6.66. The van der Waals surface area contributed by atoms with Crippen LogP contribution in [0.3, 0.4) is 0 Å². The zero-order valence-corrected chi connectivity index (χ0v) is 11.2. The predicted molar refractivity (Wildman–Crippen MR) is 69.3 cm³/mol. The van der Waals surface area contributed by atoms with Crippen LogP contribution in [0.1, 0.15) is 59.3 Å². The summed E-state index contributed by atoms with van der Waals surface area (Å²) < 4.78 is 0. The van der Waals surface area contributed by atoms with Gasteiger partial charge in [0, 0.05) is 25.6 Å². The van der Waals surface area contributed by atoms with Crippen molar-refractivity contribution >= 4 is 5.91 Å². The third-order valence-corrected chi connectivity index (χ3v) is 2.81. The van der Waals surface area contributed by atoms with Crippen molar-refractivity contribution in [3.8, 4) is 0 Å². The Hall–Kier alpha value is -0.570. The highest BCUT2D eigenvalue weighted by molar-refractivity contribution is 5.76. The molecule has 16 heavy (non-hydrogen) atoms. The van der Waals surface area contributed by atoms with Gasteiger partial charge in [-0.3, -0.25) is 4.79 Å². The van der Waals surface area contributed by atoms with Gasteiger partial charge in [0.25, 0.3) is 0 Å². The van der Waals surface area contributed by atoms with Crippen LogP contribution in [-0.4, -0.2) is 29.9 Å². The molecule has 0 aromatic rings. The van der Waals surface area contributed by atoms with Gasteiger partial charge in [0.2, 0.25) is 5.91 Å². The Kier molecular flexibility index (Phi) is 9.30. The zero-order valence-electron chi connectivity index (χ0n) is 11.2. The number of carbonyl (C=O) groups is 1. The van der Waals surface area contributed by atoms with E-state index >= 15 is 0 Å². The molecule has 0 aliphatic rings. The van der Waals surface area contributed by atoms with Crippen molar-refractivity contribution in [2.24, 2.45) is 5.73 Å². The highest BCUT2D eigenvalue weighted by Gasteiger charge is 2.14. The highest BCUT2D eigenvalue weighted by Crippen LogP contribution is 2.08. The Bertz CT molecular complexity index is 181. The van der Waals surface area contributed by atoms with Crippen LogP contribution in [0.15, 0.2) is 0 Å². The van der Waals surface area contributed by atoms with E-state index in [2.05, 4.69) is 6.92 Å². The molecule has 2 N–H and O–H groups in total. The zero-order chi connectivity index (χ0) is 12.4. The normalized spacial score (nSPS) is 10.8. The number of hydrogen-bond donors (Lipinski definition) is 1. The quantitative estimate of drug-likeness (QED) is 0.616. The third kappa shape index (κ3) is 6.83. The van der Waals surface area contributed by atoms with E-state index in [0.717, 1.165) is 6.42 Å². The first-order valence-electron chi connectivity index (χ1n) is 6.63. The first kappa shape index (κ1) is 15.4. The molecule has 3 nitrogen and oxygen atoms in total. The summed E-state index contributed by atoms with van der Waals surface area (Å²) in [5.74, 6) is 0.261. The minimum atomic E-state index is 0.261. The van der Waals surface area contributed by atoms with Crippen molar-refractivity contribution in [1.82, 2.24) is 4.90 Å². The summed E-state index contributed by atoms with van der Waals surface area (Å²) in [5.41, 5.74) is 5.51. The summed E-state index contributed by atoms with van der Waals surface area (Å²) in [6, 6.07) is 0.270. The van der Waals surface area contributed by atoms with Gasteiger partial charge < -0.3 is 10.6 Å². The largest absolute Gasteiger partial charge is 0.339 e. The summed E-state index contributed by atoms with van der Waals surface area (Å²) in [4.78, 5) is 13.8. The summed E-state index contributed by atoms with van der Waals surface area (Å²) >= 11 is 0. The van der Waals surface area contributed by atoms with Crippen LogP contribution in [-0.2, 0) is 4.79 Å². The smallest absolute Gasteiger partial charge is 0.222 e. The fraction of sp³-hybridized carbons (Fsp3) is 0.923. The molecule has 0 rings (SSSR count). The molecule has 0 radical (unpaired) electrons. The maximum atomic E-state index is 11.9. The summed E-state index contributed by atoms with van der Waals surface area (Å²) in [5, 5.41) is 0. The SMILES string of the molecule is CCCCCCCC(=O)N(CCN)C(C)C. The van der Waals surface area contributed by atoms with Gasteiger partial charge in [-0.25, -0.2) is 0 Å². The fourth-order valence-electron chi connectivity index (χ4n) is 1.83. The number of carbonyl (C=O) groups excluding carboxylic acids is 1. The van der Waals surface area contributed by atoms with Crippen molar-refractivity contribution in [2.45, 2.75) is 65.3 Å². The molecule has 0 saturated heterocycles. The molecule has 1 amide bonds. The molecule has 0 spiro atoms. The van der Waals surface area contributed by atoms with Gasteiger partial charge in [-0.05, 0) is 20.3 Å². The molecule has 0 bridgehead atoms. The van der Waals surface area contributed by atoms with Crippen molar-refractivity contribution < 1.29 is 4.79 Å². The van der Waals surface area contributed by atoms with E-state index in [-0.39, 0.29) is 11.9 Å². The minimum Gasteiger partial charge on any atom is -0.339 e. The second-order valence-electron chi connectivity index (χ2n) is 4.63. The first-order valence-corrected chi connectivity index (χ1v) is 6.63. The maximum absolute atomic E-state index is 11.9. The van der Waals surface area contributed by atoms with Gasteiger partial charge in [-0.15, -0.1) is 0 Å². The van der Waals surface area contributed by atoms with Gasteiger partial charge >= 0.3 is 0 Å². The highest BCUT2D eigenvalue weighted by atomic mass is 16.2. The first-order chi connectivity index (χ1) is 7.63. The van der Waals surface area contributed by atoms with E-state index < -0.39 is 0 Å². The molecular weight excluding hydrogens is 200 g/mol. The Labute approximate surface area is 100 Å². The number of amides is 1. The summed E-state index contributed by atoms with van der Waals surface area (Å²) in [6.45, 7) is 7.54. The molecule has 0 aromatic heterocycles. The van der Waals surface area contributed by atoms with Crippen LogP contribution in [0.2, 0.25) is 0 Å². The Morgan fingerprint density at radius 2 is 1.81 bits per heavy atom. The molecule has 0 aliphatic carbocycles. The topological polar surface area (TPSA) is 46.3 Å². The fourth-order valence-corrected chi connectivity index (χ4v) is 1.83. The molecule has 0 saturated carbocycles. The molecule has 3 heteroatoms. The lowest BCUT2D eigenvalue weighted by Gasteiger charge is -2.26. The van der Waals surface area contributed by atoms with E-state index in [0.29, 0.717) is 19.5 Å². The Morgan fingerprint density at radius 3 is 2.31 bits per heavy atom. The van der Waals surface area contributed by atoms with Gasteiger partial charge in [-0.2, -0.15) is 0 Å². The van der Waals surface area contributed by atoms with Gasteiger partial charge in [0.05, 0.1) is 0 Å². The molecule has 0 heterocycles. The number of rotatable bonds is 9. The van der Waals surface area contributed by atoms with E-state index in [4.69, 9.17) is 5.73 Å². The van der Waals surface area contributed by atoms with Crippen molar-refractivity contribution in [3.05, 3.63) is 0 Å². The van der Waals surface area contributed by atoms with E-state index in [1.807, 2.05) is 18.7 Å². The lowest BCUT2D eigenvalue weighted by atomic mass is 10.1. The van der Waals surface area contributed by atoms with Crippen molar-refractivity contribution in [1.29, 1.82) is 0 Å². The monoisotopic (exact) mass is 228 g/mol. The van der Waals surface area contributed by atoms with Crippen LogP contribution >= 0.6 is 0 Å². The van der Waals surface area contributed by atoms with Crippen LogP contribution in [0.25, 0.3) is 0 Å². The van der Waals surface area contributed by atoms with Crippen LogP contribution in [0.4, 0.5) is 0 Å². The summed E-state index contributed by atoms with van der Waals surface area (Å²) in [7, 11) is 0. The molecule has 0 atom stereocenters. The average Bonchev–Trinajstić information content (AvgIpc) is 2.24. The average molecular weight is 228 g/mol. The minimum absolute atomic E-state index is 0.261. The van der Waals surface area contributed by atoms with Crippen molar-refractivity contribution in [2.75, 3.05) is 13.1 Å². The second-order valence-corrected chi connectivity index (χ2v) is 4.63. The van der Waals surface area contributed by atoms with Gasteiger partial charge in [-0.1, -0.05) is 32.6 Å². The number of nitrogens with zero attached hydrogens (tertiary/aromatic N) is 1. The Morgan fingerprint density at radius 1 is 1.19 bits per heavy atom. The molecule has 0 aliphatic heterocycles. The molecular formula is C13H28N2O. The Balaban J connectivity index is 3.74. The van der Waals surface area contributed by atoms with E-state index in [1.54, 1.807) is 0 Å². The lowest BCUT2D eigenvalue weighted by Crippen LogP contribution is -2.40. The van der Waals surface area contributed by atoms with Crippen LogP contribution < -0.4 is 5.73 Å². The predicted octanol–water partition coefficient (Wildman–Crippen LogP) is 2.54. The standard InChI is InChI=1S/C13H28N2O/c1-4-5-6-7-8-9-13(16)15(11-10-14)12(2)3/h12H,4-11,14H2,1-3H3. The van der Waals surface area contributed by atoms with Gasteiger partial charge in [0.1, 0.15) is 0 Å². The third-order valence-electron chi connectivity index (χ3n) is 2.81. The molecule has 0 unspecified atom stereocenters. The van der Waals surface area contributed by atoms with Crippen LogP contribution in [0, 0.1) is 0 Å². The van der Waals surface area contributed by atoms with Crippen LogP contribution in [0.5, 0.6) is 0 Å². The molecule has 0 aromatic carbocycles. The maximum Gasteiger partial charge on any atom is 0.222 e. The van der Waals surface area contributed by atoms with E-state index in [1.165, 1.54) is 25.7 Å². The number of nitrogens with two attached hydrogens (primary N) is 1. The second kappa shape index (κ2) is 9.64. The molecule has 96 valence electrons. The van der Waals surface area contributed by atoms with Gasteiger partial charge in [0.15, 0.2) is 0 Å². The molecule has 0 fully saturated rings.